The first-order chi connectivity index (χ1) is 22.7. The largest absolute Gasteiger partial charge is 0.483 e. The van der Waals surface area contributed by atoms with Gasteiger partial charge < -0.3 is 30.4 Å². The third kappa shape index (κ3) is 8.17. The molecule has 2 fully saturated rings. The number of aliphatic carboxylic acids is 1. The number of nitrogens with zero attached hydrogens (tertiary/aromatic N) is 8. The summed E-state index contributed by atoms with van der Waals surface area (Å²) >= 11 is 6.10. The van der Waals surface area contributed by atoms with Gasteiger partial charge in [0.15, 0.2) is 5.65 Å². The minimum Gasteiger partial charge on any atom is -0.483 e. The van der Waals surface area contributed by atoms with Crippen molar-refractivity contribution in [3.8, 4) is 0 Å². The van der Waals surface area contributed by atoms with Crippen LogP contribution in [0.3, 0.4) is 0 Å². The highest BCUT2D eigenvalue weighted by Crippen LogP contribution is 2.38. The molecule has 15 nitrogen and oxygen atoms in total. The molecule has 4 N–H and O–H groups in total. The molecule has 1 amide bonds. The average Bonchev–Trinajstić information content (AvgIpc) is 3.70. The second-order valence-electron chi connectivity index (χ2n) is 11.6. The molecule has 0 spiro atoms. The lowest BCUT2D eigenvalue weighted by molar-refractivity contribution is -0.138. The van der Waals surface area contributed by atoms with E-state index in [0.717, 1.165) is 42.8 Å². The van der Waals surface area contributed by atoms with Gasteiger partial charge in [-0.1, -0.05) is 23.7 Å². The fourth-order valence-electron chi connectivity index (χ4n) is 6.07. The number of carboxylic acid groups (broad SMARTS) is 2. The van der Waals surface area contributed by atoms with Crippen LogP contribution in [-0.4, -0.2) is 120 Å². The number of piperidine rings is 1. The number of anilines is 3. The summed E-state index contributed by atoms with van der Waals surface area (Å²) in [5.41, 5.74) is 3.17. The monoisotopic (exact) mass is 667 g/mol. The minimum absolute atomic E-state index is 0.0316. The summed E-state index contributed by atoms with van der Waals surface area (Å²) in [5.74, 6) is -0.423. The Morgan fingerprint density at radius 2 is 1.74 bits per heavy atom. The number of pyridine rings is 1. The van der Waals surface area contributed by atoms with Crippen LogP contribution in [0.1, 0.15) is 24.8 Å². The first kappa shape index (κ1) is 33.6. The van der Waals surface area contributed by atoms with Crippen molar-refractivity contribution >= 4 is 52.9 Å². The van der Waals surface area contributed by atoms with Gasteiger partial charge in [0.1, 0.15) is 6.54 Å². The molecule has 0 bridgehead atoms. The number of rotatable bonds is 10. The molecule has 0 aliphatic carbocycles. The van der Waals surface area contributed by atoms with Crippen molar-refractivity contribution in [2.24, 2.45) is 0 Å². The van der Waals surface area contributed by atoms with Gasteiger partial charge in [-0.15, -0.1) is 5.10 Å². The van der Waals surface area contributed by atoms with E-state index in [1.54, 1.807) is 26.5 Å². The van der Waals surface area contributed by atoms with E-state index in [-0.39, 0.29) is 37.4 Å². The van der Waals surface area contributed by atoms with Crippen molar-refractivity contribution in [3.63, 3.8) is 0 Å². The Kier molecular flexibility index (Phi) is 10.9. The van der Waals surface area contributed by atoms with Gasteiger partial charge in [0.05, 0.1) is 30.6 Å². The fraction of sp³-hybridized carbons (Fsp3) is 0.419. The van der Waals surface area contributed by atoms with Crippen LogP contribution in [0.15, 0.2) is 55.0 Å². The summed E-state index contributed by atoms with van der Waals surface area (Å²) in [6.45, 7) is 4.41. The SMILES string of the molecule is O=C(O)CCN1CCN(C(=O)Cn2cc(Nc3nc4c(N5CCC(CO)(c6ccc(Cl)cc6)CC5)cccn4n3)cn2)CC1.O=CO. The van der Waals surface area contributed by atoms with Gasteiger partial charge in [-0.05, 0) is 42.7 Å². The molecule has 16 heteroatoms. The Morgan fingerprint density at radius 1 is 1.04 bits per heavy atom. The van der Waals surface area contributed by atoms with Gasteiger partial charge in [0, 0.05) is 68.6 Å². The molecule has 2 aliphatic rings. The summed E-state index contributed by atoms with van der Waals surface area (Å²) < 4.78 is 3.33. The van der Waals surface area contributed by atoms with Crippen LogP contribution in [0, 0.1) is 0 Å². The van der Waals surface area contributed by atoms with Gasteiger partial charge in [0.2, 0.25) is 11.9 Å². The third-order valence-electron chi connectivity index (χ3n) is 8.72. The third-order valence-corrected chi connectivity index (χ3v) is 8.97. The number of aliphatic hydroxyl groups is 1. The number of aromatic nitrogens is 5. The molecule has 0 radical (unpaired) electrons. The highest BCUT2D eigenvalue weighted by Gasteiger charge is 2.36. The molecule has 6 rings (SSSR count). The zero-order valence-corrected chi connectivity index (χ0v) is 26.5. The quantitative estimate of drug-likeness (QED) is 0.181. The van der Waals surface area contributed by atoms with Gasteiger partial charge in [-0.3, -0.25) is 24.0 Å². The van der Waals surface area contributed by atoms with E-state index < -0.39 is 5.97 Å². The van der Waals surface area contributed by atoms with E-state index in [1.807, 2.05) is 42.6 Å². The number of piperazine rings is 1. The Labute approximate surface area is 276 Å². The number of hydrogen-bond donors (Lipinski definition) is 4. The maximum atomic E-state index is 12.8. The van der Waals surface area contributed by atoms with Gasteiger partial charge in [-0.25, -0.2) is 4.52 Å². The molecule has 3 aromatic heterocycles. The molecule has 2 aliphatic heterocycles. The fourth-order valence-corrected chi connectivity index (χ4v) is 6.19. The standard InChI is InChI=1S/C30H36ClN9O4.CH2O2/c31-23-5-3-22(4-6-23)30(21-41)8-12-37(13-9-30)25-2-1-10-40-28(25)34-29(35-40)33-24-18-32-39(19-24)20-26(42)38-16-14-36(15-17-38)11-7-27(43)44;2-1-3/h1-6,10,18-19,41H,7-9,11-17,20-21H2,(H,33,35)(H,43,44);1H,(H,2,3). The molecular formula is C31H38ClN9O6. The van der Waals surface area contributed by atoms with Crippen molar-refractivity contribution in [3.05, 3.63) is 65.6 Å². The van der Waals surface area contributed by atoms with Crippen molar-refractivity contribution in [1.29, 1.82) is 0 Å². The lowest BCUT2D eigenvalue weighted by atomic mass is 9.73. The number of aliphatic hydroxyl groups excluding tert-OH is 1. The van der Waals surface area contributed by atoms with Crippen LogP contribution < -0.4 is 10.2 Å². The van der Waals surface area contributed by atoms with Crippen LogP contribution >= 0.6 is 11.6 Å². The second kappa shape index (κ2) is 15.2. The first-order valence-corrected chi connectivity index (χ1v) is 15.7. The topological polar surface area (TPSA) is 182 Å². The van der Waals surface area contributed by atoms with Crippen molar-refractivity contribution in [1.82, 2.24) is 34.2 Å². The van der Waals surface area contributed by atoms with Crippen LogP contribution in [0.4, 0.5) is 17.3 Å². The number of benzene rings is 1. The van der Waals surface area contributed by atoms with Gasteiger partial charge in [-0.2, -0.15) is 10.1 Å². The molecule has 5 heterocycles. The number of hydrogen-bond acceptors (Lipinski definition) is 10. The highest BCUT2D eigenvalue weighted by molar-refractivity contribution is 6.30. The molecule has 4 aromatic rings. The molecular weight excluding hydrogens is 630 g/mol. The van der Waals surface area contributed by atoms with Crippen molar-refractivity contribution in [2.75, 3.05) is 62.6 Å². The lowest BCUT2D eigenvalue weighted by Crippen LogP contribution is -2.49. The summed E-state index contributed by atoms with van der Waals surface area (Å²) in [7, 11) is 0. The Bertz CT molecular complexity index is 1660. The zero-order chi connectivity index (χ0) is 33.4. The molecule has 0 saturated carbocycles. The number of carbonyl (C=O) groups is 3. The van der Waals surface area contributed by atoms with Crippen LogP contribution in [0.25, 0.3) is 5.65 Å². The smallest absolute Gasteiger partial charge is 0.304 e. The number of fused-ring (bicyclic) bond motifs is 1. The van der Waals surface area contributed by atoms with E-state index in [2.05, 4.69) is 25.3 Å². The lowest BCUT2D eigenvalue weighted by Gasteiger charge is -2.42. The van der Waals surface area contributed by atoms with Crippen molar-refractivity contribution < 1.29 is 29.7 Å². The summed E-state index contributed by atoms with van der Waals surface area (Å²) in [4.78, 5) is 42.9. The summed E-state index contributed by atoms with van der Waals surface area (Å²) in [6, 6.07) is 11.8. The molecule has 47 heavy (non-hydrogen) atoms. The summed E-state index contributed by atoms with van der Waals surface area (Å²) in [6.07, 6.45) is 6.95. The van der Waals surface area contributed by atoms with Crippen LogP contribution in [0.2, 0.25) is 5.02 Å². The van der Waals surface area contributed by atoms with Gasteiger partial charge >= 0.3 is 5.97 Å². The Morgan fingerprint density at radius 3 is 2.40 bits per heavy atom. The predicted octanol–water partition coefficient (Wildman–Crippen LogP) is 2.17. The second-order valence-corrected chi connectivity index (χ2v) is 12.0. The number of carbonyl (C=O) groups excluding carboxylic acids is 1. The van der Waals surface area contributed by atoms with E-state index in [9.17, 15) is 14.7 Å². The summed E-state index contributed by atoms with van der Waals surface area (Å²) in [5, 5.41) is 39.0. The minimum atomic E-state index is -0.812. The van der Waals surface area contributed by atoms with E-state index in [1.165, 1.54) is 0 Å². The van der Waals surface area contributed by atoms with E-state index >= 15 is 0 Å². The molecule has 250 valence electrons. The normalized spacial score (nSPS) is 16.4. The number of amides is 1. The molecule has 2 saturated heterocycles. The number of carboxylic acids is 1. The predicted molar refractivity (Wildman–Crippen MR) is 174 cm³/mol. The van der Waals surface area contributed by atoms with E-state index in [4.69, 9.17) is 31.6 Å². The number of halogens is 1. The van der Waals surface area contributed by atoms with Crippen molar-refractivity contribution in [2.45, 2.75) is 31.2 Å². The highest BCUT2D eigenvalue weighted by atomic mass is 35.5. The zero-order valence-electron chi connectivity index (χ0n) is 25.8. The van der Waals surface area contributed by atoms with Gasteiger partial charge in [0.25, 0.3) is 6.47 Å². The maximum absolute atomic E-state index is 12.8. The molecule has 0 atom stereocenters. The first-order valence-electron chi connectivity index (χ1n) is 15.3. The average molecular weight is 668 g/mol. The number of nitrogens with one attached hydrogen (secondary N) is 1. The Hall–Kier alpha value is -4.73. The van der Waals surface area contributed by atoms with Crippen LogP contribution in [-0.2, 0) is 26.3 Å². The molecule has 0 unspecified atom stereocenters. The van der Waals surface area contributed by atoms with Crippen LogP contribution in [0.5, 0.6) is 0 Å². The van der Waals surface area contributed by atoms with E-state index in [0.29, 0.717) is 49.4 Å². The maximum Gasteiger partial charge on any atom is 0.304 e. The molecule has 1 aromatic carbocycles. The Balaban J connectivity index is 0.00000139.